The van der Waals surface area contributed by atoms with Crippen molar-refractivity contribution in [2.75, 3.05) is 6.54 Å². The molecule has 0 aromatic heterocycles. The van der Waals surface area contributed by atoms with Gasteiger partial charge in [0.2, 0.25) is 0 Å². The number of nitrogens with one attached hydrogen (secondary N) is 1. The number of benzene rings is 1. The largest absolute Gasteiger partial charge is 0.333 e. The van der Waals surface area contributed by atoms with Crippen LogP contribution in [0.15, 0.2) is 30.3 Å². The zero-order valence-corrected chi connectivity index (χ0v) is 9.08. The van der Waals surface area contributed by atoms with Crippen LogP contribution in [0.4, 0.5) is 0 Å². The highest BCUT2D eigenvalue weighted by Gasteiger charge is 1.95. The first-order valence-electron chi connectivity index (χ1n) is 4.19. The summed E-state index contributed by atoms with van der Waals surface area (Å²) in [7, 11) is -3.92. The molecule has 0 radical (unpaired) electrons. The summed E-state index contributed by atoms with van der Waals surface area (Å²) in [5.74, 6) is 0. The number of aryl methyl sites for hydroxylation is 1. The van der Waals surface area contributed by atoms with Gasteiger partial charge in [0.1, 0.15) is 0 Å². The van der Waals surface area contributed by atoms with Crippen molar-refractivity contribution in [1.29, 1.82) is 0 Å². The fourth-order valence-electron chi connectivity index (χ4n) is 0.717. The van der Waals surface area contributed by atoms with Crippen LogP contribution in [0.5, 0.6) is 0 Å². The molecule has 14 heavy (non-hydrogen) atoms. The van der Waals surface area contributed by atoms with Crippen LogP contribution in [0, 0.1) is 6.92 Å². The predicted octanol–water partition coefficient (Wildman–Crippen LogP) is 1.39. The van der Waals surface area contributed by atoms with E-state index in [1.807, 2.05) is 22.9 Å². The lowest BCUT2D eigenvalue weighted by Gasteiger charge is -1.90. The topological polar surface area (TPSA) is 66.4 Å². The van der Waals surface area contributed by atoms with Gasteiger partial charge in [-0.2, -0.15) is 13.1 Å². The minimum atomic E-state index is -3.92. The van der Waals surface area contributed by atoms with Gasteiger partial charge in [0.05, 0.1) is 0 Å². The Kier molecular flexibility index (Phi) is 6.11. The zero-order chi connectivity index (χ0) is 11.0. The van der Waals surface area contributed by atoms with Gasteiger partial charge in [-0.15, -0.1) is 0 Å². The van der Waals surface area contributed by atoms with E-state index in [2.05, 4.69) is 19.1 Å². The molecule has 0 aliphatic carbocycles. The fraction of sp³-hybridized carbons (Fsp3) is 0.333. The Morgan fingerprint density at radius 2 is 1.79 bits per heavy atom. The van der Waals surface area contributed by atoms with E-state index in [0.717, 1.165) is 0 Å². The Bertz CT molecular complexity index is 334. The lowest BCUT2D eigenvalue weighted by atomic mass is 10.2. The highest BCUT2D eigenvalue weighted by molar-refractivity contribution is 7.83. The molecular formula is C9H15NO3S. The third-order valence-corrected chi connectivity index (χ3v) is 1.92. The van der Waals surface area contributed by atoms with Crippen LogP contribution in [-0.2, 0) is 10.3 Å². The van der Waals surface area contributed by atoms with Crippen molar-refractivity contribution in [2.24, 2.45) is 0 Å². The van der Waals surface area contributed by atoms with Crippen LogP contribution in [0.25, 0.3) is 0 Å². The summed E-state index contributed by atoms with van der Waals surface area (Å²) in [6.07, 6.45) is 0. The van der Waals surface area contributed by atoms with Gasteiger partial charge in [-0.3, -0.25) is 4.55 Å². The second kappa shape index (κ2) is 6.53. The normalized spacial score (nSPS) is 10.2. The summed E-state index contributed by atoms with van der Waals surface area (Å²) in [5.41, 5.74) is 1.32. The van der Waals surface area contributed by atoms with E-state index in [1.165, 1.54) is 5.56 Å². The molecule has 0 saturated carbocycles. The summed E-state index contributed by atoms with van der Waals surface area (Å²) in [6, 6.07) is 10.3. The van der Waals surface area contributed by atoms with Gasteiger partial charge >= 0.3 is 10.3 Å². The Morgan fingerprint density at radius 1 is 1.29 bits per heavy atom. The third-order valence-electron chi connectivity index (χ3n) is 1.27. The molecule has 1 rings (SSSR count). The van der Waals surface area contributed by atoms with Gasteiger partial charge in [0.25, 0.3) is 0 Å². The van der Waals surface area contributed by atoms with Gasteiger partial charge < -0.3 is 0 Å². The predicted molar refractivity (Wildman–Crippen MR) is 56.4 cm³/mol. The molecule has 0 fully saturated rings. The van der Waals surface area contributed by atoms with Gasteiger partial charge in [-0.25, -0.2) is 0 Å². The maximum Gasteiger partial charge on any atom is 0.333 e. The van der Waals surface area contributed by atoms with Crippen molar-refractivity contribution in [3.05, 3.63) is 35.9 Å². The molecule has 0 spiro atoms. The second-order valence-electron chi connectivity index (χ2n) is 2.63. The summed E-state index contributed by atoms with van der Waals surface area (Å²) < 4.78 is 29.0. The lowest BCUT2D eigenvalue weighted by Crippen LogP contribution is -2.21. The molecule has 0 saturated heterocycles. The molecule has 0 amide bonds. The summed E-state index contributed by atoms with van der Waals surface area (Å²) in [4.78, 5) is 0. The molecule has 0 aliphatic rings. The average Bonchev–Trinajstić information content (AvgIpc) is 2.04. The van der Waals surface area contributed by atoms with E-state index < -0.39 is 10.3 Å². The van der Waals surface area contributed by atoms with Crippen molar-refractivity contribution in [3.63, 3.8) is 0 Å². The Labute approximate surface area is 84.8 Å². The number of rotatable bonds is 2. The monoisotopic (exact) mass is 217 g/mol. The van der Waals surface area contributed by atoms with E-state index in [9.17, 15) is 8.42 Å². The highest BCUT2D eigenvalue weighted by atomic mass is 32.2. The van der Waals surface area contributed by atoms with Crippen LogP contribution >= 0.6 is 0 Å². The highest BCUT2D eigenvalue weighted by Crippen LogP contribution is 1.92. The summed E-state index contributed by atoms with van der Waals surface area (Å²) in [5, 5.41) is 0. The van der Waals surface area contributed by atoms with E-state index in [4.69, 9.17) is 4.55 Å². The van der Waals surface area contributed by atoms with Crippen LogP contribution in [0.3, 0.4) is 0 Å². The van der Waals surface area contributed by atoms with Crippen molar-refractivity contribution < 1.29 is 13.0 Å². The van der Waals surface area contributed by atoms with Crippen LogP contribution < -0.4 is 4.72 Å². The molecule has 0 bridgehead atoms. The molecule has 0 unspecified atom stereocenters. The van der Waals surface area contributed by atoms with Crippen molar-refractivity contribution in [2.45, 2.75) is 13.8 Å². The zero-order valence-electron chi connectivity index (χ0n) is 8.27. The van der Waals surface area contributed by atoms with Gasteiger partial charge in [0.15, 0.2) is 0 Å². The number of hydrogen-bond donors (Lipinski definition) is 2. The maximum absolute atomic E-state index is 9.68. The molecule has 0 aliphatic heterocycles. The third kappa shape index (κ3) is 9.18. The summed E-state index contributed by atoms with van der Waals surface area (Å²) >= 11 is 0. The average molecular weight is 217 g/mol. The first kappa shape index (κ1) is 13.1. The first-order valence-corrected chi connectivity index (χ1v) is 5.63. The van der Waals surface area contributed by atoms with Gasteiger partial charge in [-0.1, -0.05) is 42.8 Å². The van der Waals surface area contributed by atoms with E-state index in [-0.39, 0.29) is 6.54 Å². The van der Waals surface area contributed by atoms with Crippen molar-refractivity contribution >= 4 is 10.3 Å². The molecule has 1 aromatic carbocycles. The SMILES string of the molecule is CCNS(=O)(=O)O.Cc1ccccc1. The van der Waals surface area contributed by atoms with Crippen LogP contribution in [0.2, 0.25) is 0 Å². The van der Waals surface area contributed by atoms with Gasteiger partial charge in [-0.05, 0) is 6.92 Å². The van der Waals surface area contributed by atoms with E-state index in [1.54, 1.807) is 6.92 Å². The molecule has 0 atom stereocenters. The Balaban J connectivity index is 0.000000241. The molecule has 4 nitrogen and oxygen atoms in total. The molecule has 5 heteroatoms. The molecular weight excluding hydrogens is 202 g/mol. The smallest absolute Gasteiger partial charge is 0.273 e. The second-order valence-corrected chi connectivity index (χ2v) is 3.87. The summed E-state index contributed by atoms with van der Waals surface area (Å²) in [6.45, 7) is 3.88. The van der Waals surface area contributed by atoms with Crippen LogP contribution in [0.1, 0.15) is 12.5 Å². The number of hydrogen-bond acceptors (Lipinski definition) is 2. The van der Waals surface area contributed by atoms with E-state index in [0.29, 0.717) is 0 Å². The van der Waals surface area contributed by atoms with Crippen LogP contribution in [-0.4, -0.2) is 19.5 Å². The van der Waals surface area contributed by atoms with Gasteiger partial charge in [0, 0.05) is 6.54 Å². The lowest BCUT2D eigenvalue weighted by molar-refractivity contribution is 0.469. The maximum atomic E-state index is 9.68. The van der Waals surface area contributed by atoms with E-state index >= 15 is 0 Å². The minimum Gasteiger partial charge on any atom is -0.273 e. The Hall–Kier alpha value is -0.910. The molecule has 80 valence electrons. The quantitative estimate of drug-likeness (QED) is 0.736. The fourth-order valence-corrected chi connectivity index (χ4v) is 1.08. The first-order chi connectivity index (χ1) is 6.45. The molecule has 1 aromatic rings. The molecule has 2 N–H and O–H groups in total. The minimum absolute atomic E-state index is 0.221. The van der Waals surface area contributed by atoms with Crippen molar-refractivity contribution in [1.82, 2.24) is 4.72 Å². The van der Waals surface area contributed by atoms with Crippen molar-refractivity contribution in [3.8, 4) is 0 Å². The molecule has 0 heterocycles. The Morgan fingerprint density at radius 3 is 1.93 bits per heavy atom. The standard InChI is InChI=1S/C7H8.C2H7NO3S/c1-7-5-3-2-4-6-7;1-2-3-7(4,5)6/h2-6H,1H3;3H,2H2,1H3,(H,4,5,6).